The Balaban J connectivity index is 1.52. The van der Waals surface area contributed by atoms with Crippen molar-refractivity contribution in [1.29, 1.82) is 5.26 Å². The van der Waals surface area contributed by atoms with Crippen LogP contribution in [0.15, 0.2) is 35.3 Å². The fourth-order valence-electron chi connectivity index (χ4n) is 4.96. The number of nitrogens with zero attached hydrogens (tertiary/aromatic N) is 4. The third kappa shape index (κ3) is 4.24. The maximum Gasteiger partial charge on any atom is 0.261 e. The average Bonchev–Trinajstić information content (AvgIpc) is 3.26. The average molecular weight is 511 g/mol. The van der Waals surface area contributed by atoms with Crippen LogP contribution in [-0.2, 0) is 10.3 Å². The number of H-pyrrole nitrogens is 1. The number of nitrogens with one attached hydrogen (secondary N) is 2. The smallest absolute Gasteiger partial charge is 0.261 e. The number of carbonyl (C=O) groups excluding carboxylic acids is 1. The summed E-state index contributed by atoms with van der Waals surface area (Å²) in [6.07, 6.45) is 0.186. The van der Waals surface area contributed by atoms with Crippen molar-refractivity contribution in [2.45, 2.75) is 31.5 Å². The number of alkyl halides is 1. The van der Waals surface area contributed by atoms with E-state index in [2.05, 4.69) is 21.5 Å². The predicted octanol–water partition coefficient (Wildman–Crippen LogP) is 3.33. The van der Waals surface area contributed by atoms with E-state index in [4.69, 9.17) is 4.74 Å². The first-order valence-corrected chi connectivity index (χ1v) is 13.0. The summed E-state index contributed by atoms with van der Waals surface area (Å²) < 4.78 is 22.1. The molecule has 1 aromatic carbocycles. The van der Waals surface area contributed by atoms with Crippen molar-refractivity contribution in [2.24, 2.45) is 0 Å². The number of anilines is 2. The highest BCUT2D eigenvalue weighted by molar-refractivity contribution is 7.99. The quantitative estimate of drug-likeness (QED) is 0.541. The molecule has 0 aliphatic carbocycles. The van der Waals surface area contributed by atoms with Crippen molar-refractivity contribution in [3.05, 3.63) is 51.9 Å². The van der Waals surface area contributed by atoms with Gasteiger partial charge in [-0.2, -0.15) is 22.1 Å². The SMILES string of the molecule is Cc1cc(Nc2nn([C@@]3(CC#N)CCOC[C@H]3F)c3cc[nH]c(=O)c23)ccc1C(=O)N1CCSCC1. The highest BCUT2D eigenvalue weighted by Gasteiger charge is 2.46. The van der Waals surface area contributed by atoms with Gasteiger partial charge < -0.3 is 19.9 Å². The molecule has 188 valence electrons. The minimum atomic E-state index is -1.46. The predicted molar refractivity (Wildman–Crippen MR) is 137 cm³/mol. The number of hydrogen-bond acceptors (Lipinski definition) is 7. The van der Waals surface area contributed by atoms with Crippen molar-refractivity contribution < 1.29 is 13.9 Å². The lowest BCUT2D eigenvalue weighted by Crippen LogP contribution is -2.49. The van der Waals surface area contributed by atoms with Gasteiger partial charge in [0, 0.05) is 48.6 Å². The van der Waals surface area contributed by atoms with E-state index in [1.54, 1.807) is 18.2 Å². The fourth-order valence-corrected chi connectivity index (χ4v) is 5.86. The molecule has 2 fully saturated rings. The number of rotatable bonds is 5. The summed E-state index contributed by atoms with van der Waals surface area (Å²) in [7, 11) is 0. The van der Waals surface area contributed by atoms with E-state index in [1.165, 1.54) is 10.9 Å². The Morgan fingerprint density at radius 1 is 1.39 bits per heavy atom. The van der Waals surface area contributed by atoms with Crippen molar-refractivity contribution in [3.63, 3.8) is 0 Å². The summed E-state index contributed by atoms with van der Waals surface area (Å²) in [4.78, 5) is 30.3. The zero-order valence-electron chi connectivity index (χ0n) is 19.9. The van der Waals surface area contributed by atoms with Gasteiger partial charge in [-0.25, -0.2) is 4.39 Å². The molecule has 2 aromatic heterocycles. The van der Waals surface area contributed by atoms with Crippen LogP contribution in [0.4, 0.5) is 15.9 Å². The van der Waals surface area contributed by atoms with E-state index in [0.717, 1.165) is 30.2 Å². The molecule has 0 bridgehead atoms. The summed E-state index contributed by atoms with van der Waals surface area (Å²) in [5.41, 5.74) is 0.907. The molecule has 5 rings (SSSR count). The minimum absolute atomic E-state index is 0.0115. The standard InChI is InChI=1S/C25H27FN6O3S/c1-16-14-17(2-3-18(16)24(34)31-9-12-36-13-10-31)29-22-21-19(4-8-28-23(21)33)32(30-22)25(5-7-27)6-11-35-15-20(25)26/h2-4,8,14,20H,5-6,9-13,15H2,1H3,(H,28,33)(H,29,30)/t20-,25+/m1/s1. The van der Waals surface area contributed by atoms with Gasteiger partial charge in [0.15, 0.2) is 5.82 Å². The molecular formula is C25H27FN6O3S. The largest absolute Gasteiger partial charge is 0.378 e. The second kappa shape index (κ2) is 9.95. The van der Waals surface area contributed by atoms with Crippen LogP contribution in [0.5, 0.6) is 0 Å². The van der Waals surface area contributed by atoms with Crippen LogP contribution in [0.2, 0.25) is 0 Å². The minimum Gasteiger partial charge on any atom is -0.378 e. The molecule has 0 unspecified atom stereocenters. The maximum absolute atomic E-state index is 15.3. The number of aromatic nitrogens is 3. The second-order valence-electron chi connectivity index (χ2n) is 9.12. The molecule has 9 nitrogen and oxygen atoms in total. The Morgan fingerprint density at radius 3 is 2.92 bits per heavy atom. The van der Waals surface area contributed by atoms with Crippen LogP contribution in [0.25, 0.3) is 10.9 Å². The van der Waals surface area contributed by atoms with E-state index in [0.29, 0.717) is 23.4 Å². The van der Waals surface area contributed by atoms with E-state index < -0.39 is 11.7 Å². The maximum atomic E-state index is 15.3. The number of hydrogen-bond donors (Lipinski definition) is 2. The third-order valence-corrected chi connectivity index (χ3v) is 7.90. The van der Waals surface area contributed by atoms with Gasteiger partial charge in [0.25, 0.3) is 11.5 Å². The lowest BCUT2D eigenvalue weighted by Gasteiger charge is -2.38. The number of fused-ring (bicyclic) bond motifs is 1. The van der Waals surface area contributed by atoms with Gasteiger partial charge in [-0.05, 0) is 43.2 Å². The van der Waals surface area contributed by atoms with Gasteiger partial charge in [0.2, 0.25) is 0 Å². The first kappa shape index (κ1) is 24.3. The number of thioether (sulfide) groups is 1. The summed E-state index contributed by atoms with van der Waals surface area (Å²) in [5.74, 6) is 2.15. The second-order valence-corrected chi connectivity index (χ2v) is 10.3. The molecule has 4 heterocycles. The van der Waals surface area contributed by atoms with Crippen molar-refractivity contribution in [3.8, 4) is 6.07 Å². The molecule has 2 aliphatic heterocycles. The Labute approximate surface area is 211 Å². The van der Waals surface area contributed by atoms with Crippen LogP contribution in [0.3, 0.4) is 0 Å². The van der Waals surface area contributed by atoms with Gasteiger partial charge in [0.1, 0.15) is 17.1 Å². The zero-order valence-corrected chi connectivity index (χ0v) is 20.7. The molecule has 2 N–H and O–H groups in total. The van der Waals surface area contributed by atoms with Crippen LogP contribution in [0.1, 0.15) is 28.8 Å². The molecule has 36 heavy (non-hydrogen) atoms. The molecular weight excluding hydrogens is 483 g/mol. The van der Waals surface area contributed by atoms with Crippen LogP contribution in [0, 0.1) is 18.3 Å². The summed E-state index contributed by atoms with van der Waals surface area (Å²) in [5, 5.41) is 17.6. The Morgan fingerprint density at radius 2 is 2.19 bits per heavy atom. The van der Waals surface area contributed by atoms with Gasteiger partial charge in [0.05, 0.1) is 24.6 Å². The number of ether oxygens (including phenoxy) is 1. The van der Waals surface area contributed by atoms with Crippen molar-refractivity contribution in [1.82, 2.24) is 19.7 Å². The van der Waals surface area contributed by atoms with E-state index in [1.807, 2.05) is 29.7 Å². The lowest BCUT2D eigenvalue weighted by molar-refractivity contribution is -0.0511. The van der Waals surface area contributed by atoms with E-state index in [9.17, 15) is 14.9 Å². The van der Waals surface area contributed by atoms with Gasteiger partial charge in [-0.3, -0.25) is 14.3 Å². The summed E-state index contributed by atoms with van der Waals surface area (Å²) in [6, 6.07) is 9.15. The topological polar surface area (TPSA) is 116 Å². The molecule has 0 spiro atoms. The molecule has 11 heteroatoms. The number of nitriles is 1. The number of halogens is 1. The zero-order chi connectivity index (χ0) is 25.3. The van der Waals surface area contributed by atoms with Crippen LogP contribution < -0.4 is 10.9 Å². The molecule has 2 saturated heterocycles. The molecule has 2 aliphatic rings. The van der Waals surface area contributed by atoms with E-state index >= 15 is 4.39 Å². The number of pyridine rings is 1. The first-order valence-electron chi connectivity index (χ1n) is 11.9. The fraction of sp³-hybridized carbons (Fsp3) is 0.440. The van der Waals surface area contributed by atoms with Crippen molar-refractivity contribution in [2.75, 3.05) is 43.1 Å². The highest BCUT2D eigenvalue weighted by Crippen LogP contribution is 2.38. The number of amides is 1. The number of aryl methyl sites for hydroxylation is 1. The monoisotopic (exact) mass is 510 g/mol. The molecule has 2 atom stereocenters. The van der Waals surface area contributed by atoms with E-state index in [-0.39, 0.29) is 42.1 Å². The number of carbonyl (C=O) groups is 1. The van der Waals surface area contributed by atoms with Crippen molar-refractivity contribution >= 4 is 40.1 Å². The van der Waals surface area contributed by atoms with Gasteiger partial charge >= 0.3 is 0 Å². The Kier molecular flexibility index (Phi) is 6.73. The van der Waals surface area contributed by atoms with Crippen LogP contribution >= 0.6 is 11.8 Å². The Hall–Kier alpha value is -3.36. The molecule has 3 aromatic rings. The van der Waals surface area contributed by atoms with Gasteiger partial charge in [-0.15, -0.1) is 0 Å². The first-order chi connectivity index (χ1) is 17.4. The number of benzene rings is 1. The van der Waals surface area contributed by atoms with Gasteiger partial charge in [-0.1, -0.05) is 0 Å². The summed E-state index contributed by atoms with van der Waals surface area (Å²) in [6.45, 7) is 3.50. The normalized spacial score (nSPS) is 22.4. The highest BCUT2D eigenvalue weighted by atomic mass is 32.2. The third-order valence-electron chi connectivity index (χ3n) is 6.96. The molecule has 0 saturated carbocycles. The molecule has 1 amide bonds. The summed E-state index contributed by atoms with van der Waals surface area (Å²) >= 11 is 1.85. The Bertz CT molecular complexity index is 1390. The number of aromatic amines is 1. The lowest BCUT2D eigenvalue weighted by atomic mass is 9.85. The van der Waals surface area contributed by atoms with Crippen LogP contribution in [-0.4, -0.2) is 69.6 Å². The molecule has 0 radical (unpaired) electrons.